The highest BCUT2D eigenvalue weighted by Gasteiger charge is 2.05. The molecule has 0 atom stereocenters. The number of aromatic carboxylic acids is 1. The van der Waals surface area contributed by atoms with Crippen molar-refractivity contribution < 1.29 is 9.90 Å². The molecule has 0 amide bonds. The van der Waals surface area contributed by atoms with Gasteiger partial charge in [-0.2, -0.15) is 0 Å². The number of carbonyl (C=O) groups is 1. The number of nitrogens with zero attached hydrogens (tertiary/aromatic N) is 1. The molecule has 4 heteroatoms. The van der Waals surface area contributed by atoms with Crippen molar-refractivity contribution in [2.45, 2.75) is 6.42 Å². The Balaban J connectivity index is 2.24. The van der Waals surface area contributed by atoms with E-state index >= 15 is 0 Å². The molecule has 0 radical (unpaired) electrons. The summed E-state index contributed by atoms with van der Waals surface area (Å²) in [6.07, 6.45) is 0.571. The summed E-state index contributed by atoms with van der Waals surface area (Å²) in [7, 11) is 0. The molecule has 0 aliphatic rings. The molecule has 1 aromatic carbocycles. The average Bonchev–Trinajstić information content (AvgIpc) is 2.29. The van der Waals surface area contributed by atoms with Crippen molar-refractivity contribution in [2.24, 2.45) is 0 Å². The zero-order chi connectivity index (χ0) is 12.3. The van der Waals surface area contributed by atoms with E-state index in [2.05, 4.69) is 4.98 Å². The summed E-state index contributed by atoms with van der Waals surface area (Å²) in [5.74, 6) is -1.02. The fourth-order valence-electron chi connectivity index (χ4n) is 1.55. The number of carboxylic acid groups (broad SMARTS) is 1. The SMILES string of the molecule is O=C(O)c1cccc(Cc2cccc(Cl)c2)n1. The number of pyridine rings is 1. The second-order valence-corrected chi connectivity index (χ2v) is 4.06. The van der Waals surface area contributed by atoms with Crippen molar-refractivity contribution in [3.05, 3.63) is 64.4 Å². The molecular weight excluding hydrogens is 238 g/mol. The molecule has 1 N–H and O–H groups in total. The van der Waals surface area contributed by atoms with E-state index in [-0.39, 0.29) is 5.69 Å². The van der Waals surface area contributed by atoms with Gasteiger partial charge in [-0.1, -0.05) is 29.8 Å². The predicted octanol–water partition coefficient (Wildman–Crippen LogP) is 3.02. The summed E-state index contributed by atoms with van der Waals surface area (Å²) in [4.78, 5) is 14.8. The van der Waals surface area contributed by atoms with Crippen LogP contribution < -0.4 is 0 Å². The Hall–Kier alpha value is -1.87. The van der Waals surface area contributed by atoms with Gasteiger partial charge in [-0.3, -0.25) is 0 Å². The molecule has 1 heterocycles. The van der Waals surface area contributed by atoms with Gasteiger partial charge in [0.05, 0.1) is 0 Å². The van der Waals surface area contributed by atoms with Gasteiger partial charge in [0, 0.05) is 17.1 Å². The van der Waals surface area contributed by atoms with Gasteiger partial charge in [0.15, 0.2) is 0 Å². The van der Waals surface area contributed by atoms with Crippen LogP contribution in [-0.4, -0.2) is 16.1 Å². The van der Waals surface area contributed by atoms with E-state index < -0.39 is 5.97 Å². The van der Waals surface area contributed by atoms with Crippen LogP contribution in [0.5, 0.6) is 0 Å². The van der Waals surface area contributed by atoms with Crippen molar-refractivity contribution >= 4 is 17.6 Å². The maximum Gasteiger partial charge on any atom is 0.354 e. The number of halogens is 1. The third-order valence-electron chi connectivity index (χ3n) is 2.30. The Labute approximate surface area is 104 Å². The van der Waals surface area contributed by atoms with Crippen LogP contribution in [0.3, 0.4) is 0 Å². The van der Waals surface area contributed by atoms with E-state index in [1.165, 1.54) is 6.07 Å². The number of rotatable bonds is 3. The van der Waals surface area contributed by atoms with E-state index in [9.17, 15) is 4.79 Å². The average molecular weight is 248 g/mol. The first kappa shape index (κ1) is 11.6. The monoisotopic (exact) mass is 247 g/mol. The first-order valence-electron chi connectivity index (χ1n) is 5.09. The molecule has 0 aliphatic heterocycles. The van der Waals surface area contributed by atoms with E-state index in [0.29, 0.717) is 17.1 Å². The van der Waals surface area contributed by atoms with Gasteiger partial charge in [0.25, 0.3) is 0 Å². The lowest BCUT2D eigenvalue weighted by Gasteiger charge is -2.02. The molecule has 2 rings (SSSR count). The molecular formula is C13H10ClNO2. The molecule has 0 saturated carbocycles. The van der Waals surface area contributed by atoms with Crippen LogP contribution in [-0.2, 0) is 6.42 Å². The molecule has 0 saturated heterocycles. The maximum atomic E-state index is 10.8. The smallest absolute Gasteiger partial charge is 0.354 e. The van der Waals surface area contributed by atoms with Crippen molar-refractivity contribution in [1.82, 2.24) is 4.98 Å². The van der Waals surface area contributed by atoms with Gasteiger partial charge in [0.2, 0.25) is 0 Å². The number of carboxylic acids is 1. The molecule has 1 aromatic heterocycles. The zero-order valence-corrected chi connectivity index (χ0v) is 9.69. The van der Waals surface area contributed by atoms with Gasteiger partial charge in [-0.25, -0.2) is 9.78 Å². The Kier molecular flexibility index (Phi) is 3.40. The first-order chi connectivity index (χ1) is 8.15. The predicted molar refractivity (Wildman–Crippen MR) is 65.5 cm³/mol. The summed E-state index contributed by atoms with van der Waals surface area (Å²) in [5.41, 5.74) is 1.78. The molecule has 0 aliphatic carbocycles. The highest BCUT2D eigenvalue weighted by molar-refractivity contribution is 6.30. The molecule has 0 unspecified atom stereocenters. The van der Waals surface area contributed by atoms with Crippen LogP contribution in [0.1, 0.15) is 21.7 Å². The number of aromatic nitrogens is 1. The van der Waals surface area contributed by atoms with E-state index in [0.717, 1.165) is 5.56 Å². The summed E-state index contributed by atoms with van der Waals surface area (Å²) in [6, 6.07) is 12.4. The van der Waals surface area contributed by atoms with E-state index in [1.807, 2.05) is 18.2 Å². The highest BCUT2D eigenvalue weighted by Crippen LogP contribution is 2.14. The summed E-state index contributed by atoms with van der Waals surface area (Å²) in [5, 5.41) is 9.50. The highest BCUT2D eigenvalue weighted by atomic mass is 35.5. The Morgan fingerprint density at radius 3 is 2.71 bits per heavy atom. The van der Waals surface area contributed by atoms with Gasteiger partial charge >= 0.3 is 5.97 Å². The van der Waals surface area contributed by atoms with Crippen LogP contribution in [0.15, 0.2) is 42.5 Å². The second kappa shape index (κ2) is 4.97. The zero-order valence-electron chi connectivity index (χ0n) is 8.93. The molecule has 2 aromatic rings. The lowest BCUT2D eigenvalue weighted by atomic mass is 10.1. The number of hydrogen-bond donors (Lipinski definition) is 1. The summed E-state index contributed by atoms with van der Waals surface area (Å²) >= 11 is 5.88. The lowest BCUT2D eigenvalue weighted by Crippen LogP contribution is -2.02. The molecule has 86 valence electrons. The molecule has 17 heavy (non-hydrogen) atoms. The third kappa shape index (κ3) is 3.04. The third-order valence-corrected chi connectivity index (χ3v) is 2.54. The normalized spacial score (nSPS) is 10.2. The topological polar surface area (TPSA) is 50.2 Å². The van der Waals surface area contributed by atoms with Crippen LogP contribution >= 0.6 is 11.6 Å². The number of hydrogen-bond acceptors (Lipinski definition) is 2. The molecule has 3 nitrogen and oxygen atoms in total. The van der Waals surface area contributed by atoms with Gasteiger partial charge in [-0.05, 0) is 29.8 Å². The Morgan fingerprint density at radius 2 is 2.00 bits per heavy atom. The minimum Gasteiger partial charge on any atom is -0.477 e. The van der Waals surface area contributed by atoms with Crippen LogP contribution in [0.4, 0.5) is 0 Å². The van der Waals surface area contributed by atoms with Crippen molar-refractivity contribution in [3.63, 3.8) is 0 Å². The minimum atomic E-state index is -1.02. The van der Waals surface area contributed by atoms with E-state index in [1.54, 1.807) is 18.2 Å². The largest absolute Gasteiger partial charge is 0.477 e. The maximum absolute atomic E-state index is 10.8. The molecule has 0 bridgehead atoms. The van der Waals surface area contributed by atoms with Gasteiger partial charge in [-0.15, -0.1) is 0 Å². The lowest BCUT2D eigenvalue weighted by molar-refractivity contribution is 0.0690. The standard InChI is InChI=1S/C13H10ClNO2/c14-10-4-1-3-9(7-10)8-11-5-2-6-12(15-11)13(16)17/h1-7H,8H2,(H,16,17). The fourth-order valence-corrected chi connectivity index (χ4v) is 1.77. The van der Waals surface area contributed by atoms with Crippen molar-refractivity contribution in [1.29, 1.82) is 0 Å². The van der Waals surface area contributed by atoms with Crippen LogP contribution in [0.25, 0.3) is 0 Å². The van der Waals surface area contributed by atoms with Crippen LogP contribution in [0.2, 0.25) is 5.02 Å². The first-order valence-corrected chi connectivity index (χ1v) is 5.46. The molecule has 0 spiro atoms. The summed E-state index contributed by atoms with van der Waals surface area (Å²) in [6.45, 7) is 0. The number of benzene rings is 1. The van der Waals surface area contributed by atoms with Crippen molar-refractivity contribution in [3.8, 4) is 0 Å². The van der Waals surface area contributed by atoms with E-state index in [4.69, 9.17) is 16.7 Å². The van der Waals surface area contributed by atoms with Gasteiger partial charge < -0.3 is 5.11 Å². The second-order valence-electron chi connectivity index (χ2n) is 3.63. The fraction of sp³-hybridized carbons (Fsp3) is 0.0769. The Bertz CT molecular complexity index is 555. The van der Waals surface area contributed by atoms with Gasteiger partial charge in [0.1, 0.15) is 5.69 Å². The Morgan fingerprint density at radius 1 is 1.24 bits per heavy atom. The molecule has 0 fully saturated rings. The minimum absolute atomic E-state index is 0.0597. The van der Waals surface area contributed by atoms with Crippen LogP contribution in [0, 0.1) is 0 Å². The summed E-state index contributed by atoms with van der Waals surface area (Å²) < 4.78 is 0. The van der Waals surface area contributed by atoms with Crippen molar-refractivity contribution in [2.75, 3.05) is 0 Å². The quantitative estimate of drug-likeness (QED) is 0.907.